The molecule has 112 valence electrons. The number of hydrogen-bond donors (Lipinski definition) is 0. The summed E-state index contributed by atoms with van der Waals surface area (Å²) in [5.41, 5.74) is 3.55. The molecule has 0 fully saturated rings. The third-order valence-electron chi connectivity index (χ3n) is 3.72. The van der Waals surface area contributed by atoms with Crippen molar-refractivity contribution in [2.45, 2.75) is 13.3 Å². The van der Waals surface area contributed by atoms with Crippen molar-refractivity contribution in [1.82, 2.24) is 0 Å². The Morgan fingerprint density at radius 3 is 1.77 bits per heavy atom. The average molecular weight is 419 g/mol. The molecule has 0 N–H and O–H groups in total. The number of allylic oxidation sites excluding steroid dienone is 3. The summed E-state index contributed by atoms with van der Waals surface area (Å²) in [7, 11) is 0. The Labute approximate surface area is 148 Å². The van der Waals surface area contributed by atoms with Crippen molar-refractivity contribution < 1.29 is 0 Å². The largest absolute Gasteiger partial charge is 0.311 e. The first kappa shape index (κ1) is 15.6. The zero-order valence-electron chi connectivity index (χ0n) is 12.3. The van der Waals surface area contributed by atoms with Crippen molar-refractivity contribution >= 4 is 43.2 Å². The van der Waals surface area contributed by atoms with Crippen LogP contribution in [-0.4, -0.2) is 0 Å². The Kier molecular flexibility index (Phi) is 4.84. The van der Waals surface area contributed by atoms with Crippen molar-refractivity contribution in [3.63, 3.8) is 0 Å². The van der Waals surface area contributed by atoms with Crippen LogP contribution in [-0.2, 0) is 0 Å². The molecule has 1 atom stereocenters. The van der Waals surface area contributed by atoms with Crippen molar-refractivity contribution in [1.29, 1.82) is 0 Å². The van der Waals surface area contributed by atoms with Gasteiger partial charge in [-0.2, -0.15) is 0 Å². The first-order chi connectivity index (χ1) is 10.6. The van der Waals surface area contributed by atoms with E-state index >= 15 is 0 Å². The molecule has 1 aliphatic rings. The molecule has 0 heterocycles. The summed E-state index contributed by atoms with van der Waals surface area (Å²) in [5, 5.41) is 0. The third-order valence-corrected chi connectivity index (χ3v) is 4.78. The smallest absolute Gasteiger partial charge is 0.0462 e. The van der Waals surface area contributed by atoms with E-state index in [9.17, 15) is 0 Å². The van der Waals surface area contributed by atoms with Crippen molar-refractivity contribution in [3.05, 3.63) is 81.4 Å². The number of rotatable bonds is 3. The van der Waals surface area contributed by atoms with Crippen LogP contribution in [0.3, 0.4) is 0 Å². The van der Waals surface area contributed by atoms with Crippen LogP contribution in [0.5, 0.6) is 0 Å². The van der Waals surface area contributed by atoms with Gasteiger partial charge in [0.1, 0.15) is 0 Å². The zero-order valence-corrected chi connectivity index (χ0v) is 15.5. The molecule has 0 aromatic heterocycles. The van der Waals surface area contributed by atoms with Crippen LogP contribution in [0.2, 0.25) is 0 Å². The second-order valence-electron chi connectivity index (χ2n) is 5.49. The van der Waals surface area contributed by atoms with E-state index in [1.807, 2.05) is 0 Å². The van der Waals surface area contributed by atoms with Crippen molar-refractivity contribution in [2.75, 3.05) is 4.90 Å². The molecule has 0 bridgehead atoms. The molecule has 0 amide bonds. The second-order valence-corrected chi connectivity index (χ2v) is 7.32. The summed E-state index contributed by atoms with van der Waals surface area (Å²) in [4.78, 5) is 2.29. The molecule has 1 nitrogen and oxygen atoms in total. The predicted molar refractivity (Wildman–Crippen MR) is 101 cm³/mol. The van der Waals surface area contributed by atoms with E-state index in [2.05, 4.69) is 110 Å². The highest BCUT2D eigenvalue weighted by molar-refractivity contribution is 9.10. The normalized spacial score (nSPS) is 17.2. The standard InChI is InChI=1S/C19H17Br2N/c1-14-2-8-17(9-3-14)22(18-10-4-15(20)5-11-18)19-12-6-16(21)7-13-19/h2,4-14H,3H2,1H3/t14-/m1/s1. The van der Waals surface area contributed by atoms with E-state index in [-0.39, 0.29) is 0 Å². The van der Waals surface area contributed by atoms with Crippen LogP contribution in [0, 0.1) is 5.92 Å². The molecule has 0 spiro atoms. The maximum absolute atomic E-state index is 3.51. The monoisotopic (exact) mass is 417 g/mol. The van der Waals surface area contributed by atoms with Gasteiger partial charge in [-0.05, 0) is 66.9 Å². The van der Waals surface area contributed by atoms with Crippen LogP contribution < -0.4 is 4.90 Å². The maximum atomic E-state index is 3.51. The van der Waals surface area contributed by atoms with Crippen molar-refractivity contribution in [3.8, 4) is 0 Å². The van der Waals surface area contributed by atoms with Gasteiger partial charge < -0.3 is 4.90 Å². The first-order valence-electron chi connectivity index (χ1n) is 7.33. The highest BCUT2D eigenvalue weighted by Gasteiger charge is 2.15. The van der Waals surface area contributed by atoms with Crippen LogP contribution in [0.25, 0.3) is 0 Å². The third kappa shape index (κ3) is 3.53. The van der Waals surface area contributed by atoms with Gasteiger partial charge in [-0.15, -0.1) is 0 Å². The Hall–Kier alpha value is -1.32. The molecule has 2 aromatic rings. The summed E-state index contributed by atoms with van der Waals surface area (Å²) >= 11 is 7.02. The van der Waals surface area contributed by atoms with Gasteiger partial charge >= 0.3 is 0 Å². The second kappa shape index (κ2) is 6.84. The summed E-state index contributed by atoms with van der Waals surface area (Å²) in [6.07, 6.45) is 7.89. The summed E-state index contributed by atoms with van der Waals surface area (Å²) in [6.45, 7) is 2.24. The molecule has 0 unspecified atom stereocenters. The van der Waals surface area contributed by atoms with Crippen LogP contribution in [0.4, 0.5) is 11.4 Å². The summed E-state index contributed by atoms with van der Waals surface area (Å²) in [5.74, 6) is 0.612. The Morgan fingerprint density at radius 1 is 0.864 bits per heavy atom. The van der Waals surface area contributed by atoms with E-state index in [1.165, 1.54) is 5.70 Å². The van der Waals surface area contributed by atoms with Crippen LogP contribution >= 0.6 is 31.9 Å². The van der Waals surface area contributed by atoms with Gasteiger partial charge in [-0.1, -0.05) is 50.9 Å². The van der Waals surface area contributed by atoms with E-state index in [0.717, 1.165) is 26.7 Å². The fourth-order valence-corrected chi connectivity index (χ4v) is 3.04. The van der Waals surface area contributed by atoms with Gasteiger partial charge in [-0.3, -0.25) is 0 Å². The molecule has 2 aromatic carbocycles. The first-order valence-corrected chi connectivity index (χ1v) is 8.92. The Bertz CT molecular complexity index is 654. The lowest BCUT2D eigenvalue weighted by Gasteiger charge is -2.28. The minimum absolute atomic E-state index is 0.612. The molecule has 3 rings (SSSR count). The molecule has 0 saturated heterocycles. The molecule has 3 heteroatoms. The van der Waals surface area contributed by atoms with Gasteiger partial charge in [0.2, 0.25) is 0 Å². The highest BCUT2D eigenvalue weighted by atomic mass is 79.9. The molecular formula is C19H17Br2N. The number of halogens is 2. The lowest BCUT2D eigenvalue weighted by Crippen LogP contribution is -2.17. The summed E-state index contributed by atoms with van der Waals surface area (Å²) in [6, 6.07) is 16.9. The molecule has 0 radical (unpaired) electrons. The molecule has 1 aliphatic carbocycles. The van der Waals surface area contributed by atoms with Gasteiger partial charge in [0.05, 0.1) is 0 Å². The maximum Gasteiger partial charge on any atom is 0.0462 e. The fraction of sp³-hybridized carbons (Fsp3) is 0.158. The van der Waals surface area contributed by atoms with Gasteiger partial charge in [-0.25, -0.2) is 0 Å². The number of anilines is 2. The van der Waals surface area contributed by atoms with Crippen molar-refractivity contribution in [2.24, 2.45) is 5.92 Å². The topological polar surface area (TPSA) is 3.24 Å². The van der Waals surface area contributed by atoms with Crippen LogP contribution in [0.1, 0.15) is 13.3 Å². The lowest BCUT2D eigenvalue weighted by molar-refractivity contribution is 0.728. The summed E-state index contributed by atoms with van der Waals surface area (Å²) < 4.78 is 2.18. The minimum atomic E-state index is 0.612. The van der Waals surface area contributed by atoms with E-state index in [4.69, 9.17) is 0 Å². The molecule has 22 heavy (non-hydrogen) atoms. The van der Waals surface area contributed by atoms with Crippen LogP contribution in [0.15, 0.2) is 81.4 Å². The lowest BCUT2D eigenvalue weighted by atomic mass is 10.0. The zero-order chi connectivity index (χ0) is 15.5. The number of hydrogen-bond acceptors (Lipinski definition) is 1. The highest BCUT2D eigenvalue weighted by Crippen LogP contribution is 2.34. The van der Waals surface area contributed by atoms with E-state index in [0.29, 0.717) is 5.92 Å². The number of benzene rings is 2. The van der Waals surface area contributed by atoms with Gasteiger partial charge in [0, 0.05) is 26.0 Å². The average Bonchev–Trinajstić information content (AvgIpc) is 2.53. The Balaban J connectivity index is 2.04. The molecule has 0 aliphatic heterocycles. The van der Waals surface area contributed by atoms with E-state index < -0.39 is 0 Å². The Morgan fingerprint density at radius 2 is 1.36 bits per heavy atom. The molecular weight excluding hydrogens is 402 g/mol. The van der Waals surface area contributed by atoms with Gasteiger partial charge in [0.25, 0.3) is 0 Å². The molecule has 0 saturated carbocycles. The predicted octanol–water partition coefficient (Wildman–Crippen LogP) is 6.83. The number of nitrogens with zero attached hydrogens (tertiary/aromatic N) is 1. The SMILES string of the molecule is C[C@@H]1C=CC(N(c2ccc(Br)cc2)c2ccc(Br)cc2)=CC1. The van der Waals surface area contributed by atoms with E-state index in [1.54, 1.807) is 0 Å². The quantitative estimate of drug-likeness (QED) is 0.527. The minimum Gasteiger partial charge on any atom is -0.311 e. The fourth-order valence-electron chi connectivity index (χ4n) is 2.51. The van der Waals surface area contributed by atoms with Gasteiger partial charge in [0.15, 0.2) is 0 Å².